The molecule has 1 saturated carbocycles. The van der Waals surface area contributed by atoms with Gasteiger partial charge in [-0.25, -0.2) is 0 Å². The van der Waals surface area contributed by atoms with E-state index in [1.165, 1.54) is 32.1 Å². The van der Waals surface area contributed by atoms with E-state index in [2.05, 4.69) is 15.5 Å². The number of nitrogens with one attached hydrogen (secondary N) is 1. The van der Waals surface area contributed by atoms with Crippen molar-refractivity contribution < 1.29 is 4.52 Å². The summed E-state index contributed by atoms with van der Waals surface area (Å²) in [5.74, 6) is 2.32. The van der Waals surface area contributed by atoms with Crippen molar-refractivity contribution in [3.63, 3.8) is 0 Å². The summed E-state index contributed by atoms with van der Waals surface area (Å²) in [6.45, 7) is 1.14. The Morgan fingerprint density at radius 2 is 2.20 bits per heavy atom. The van der Waals surface area contributed by atoms with E-state index in [-0.39, 0.29) is 0 Å². The first-order valence-corrected chi connectivity index (χ1v) is 5.97. The lowest BCUT2D eigenvalue weighted by atomic mass is 10.0. The van der Waals surface area contributed by atoms with Crippen LogP contribution < -0.4 is 5.32 Å². The molecule has 82 valence electrons. The zero-order chi connectivity index (χ0) is 10.1. The second-order valence-electron chi connectivity index (χ2n) is 4.67. The van der Waals surface area contributed by atoms with Gasteiger partial charge >= 0.3 is 0 Å². The highest BCUT2D eigenvalue weighted by Crippen LogP contribution is 2.38. The highest BCUT2D eigenvalue weighted by atomic mass is 16.5. The summed E-state index contributed by atoms with van der Waals surface area (Å²) in [5, 5.41) is 7.55. The van der Waals surface area contributed by atoms with Gasteiger partial charge in [0.2, 0.25) is 5.89 Å². The van der Waals surface area contributed by atoms with Crippen LogP contribution >= 0.6 is 0 Å². The average Bonchev–Trinajstić information content (AvgIpc) is 3.02. The predicted octanol–water partition coefficient (Wildman–Crippen LogP) is 1.63. The molecule has 1 unspecified atom stereocenters. The van der Waals surface area contributed by atoms with Crippen molar-refractivity contribution in [3.8, 4) is 0 Å². The fraction of sp³-hybridized carbons (Fsp3) is 0.818. The Morgan fingerprint density at radius 1 is 1.27 bits per heavy atom. The maximum absolute atomic E-state index is 5.24. The van der Waals surface area contributed by atoms with Gasteiger partial charge in [0.25, 0.3) is 0 Å². The highest BCUT2D eigenvalue weighted by molar-refractivity contribution is 5.02. The van der Waals surface area contributed by atoms with E-state index in [0.29, 0.717) is 12.0 Å². The molecule has 1 aromatic rings. The number of nitrogens with zero attached hydrogens (tertiary/aromatic N) is 2. The van der Waals surface area contributed by atoms with Crippen LogP contribution in [0.2, 0.25) is 0 Å². The summed E-state index contributed by atoms with van der Waals surface area (Å²) in [6, 6.07) is 0.559. The Balaban J connectivity index is 1.60. The fourth-order valence-electron chi connectivity index (χ4n) is 2.17. The Bertz CT molecular complexity index is 326. The van der Waals surface area contributed by atoms with E-state index in [1.807, 2.05) is 0 Å². The minimum absolute atomic E-state index is 0.559. The van der Waals surface area contributed by atoms with Crippen molar-refractivity contribution in [1.82, 2.24) is 15.5 Å². The van der Waals surface area contributed by atoms with Gasteiger partial charge in [0.1, 0.15) is 0 Å². The Labute approximate surface area is 89.4 Å². The number of hydrogen-bond acceptors (Lipinski definition) is 4. The second-order valence-corrected chi connectivity index (χ2v) is 4.67. The summed E-state index contributed by atoms with van der Waals surface area (Å²) in [7, 11) is 0. The van der Waals surface area contributed by atoms with E-state index < -0.39 is 0 Å². The summed E-state index contributed by atoms with van der Waals surface area (Å²) in [5.41, 5.74) is 0. The molecular formula is C11H17N3O. The lowest BCUT2D eigenvalue weighted by molar-refractivity contribution is 0.361. The molecule has 0 aromatic carbocycles. The van der Waals surface area contributed by atoms with E-state index in [4.69, 9.17) is 4.52 Å². The first-order valence-electron chi connectivity index (χ1n) is 5.97. The van der Waals surface area contributed by atoms with E-state index >= 15 is 0 Å². The van der Waals surface area contributed by atoms with Crippen LogP contribution in [0, 0.1) is 0 Å². The van der Waals surface area contributed by atoms with Gasteiger partial charge in [-0.15, -0.1) is 0 Å². The molecule has 0 spiro atoms. The SMILES string of the molecule is C1CCC(Cc2noc(C3CC3)n2)NC1. The molecule has 1 atom stereocenters. The van der Waals surface area contributed by atoms with E-state index in [0.717, 1.165) is 24.7 Å². The molecular weight excluding hydrogens is 190 g/mol. The zero-order valence-electron chi connectivity index (χ0n) is 8.91. The third-order valence-corrected chi connectivity index (χ3v) is 3.25. The van der Waals surface area contributed by atoms with Crippen molar-refractivity contribution >= 4 is 0 Å². The monoisotopic (exact) mass is 207 g/mol. The van der Waals surface area contributed by atoms with Crippen molar-refractivity contribution in [1.29, 1.82) is 0 Å². The van der Waals surface area contributed by atoms with Crippen LogP contribution in [0.15, 0.2) is 4.52 Å². The van der Waals surface area contributed by atoms with Gasteiger partial charge < -0.3 is 9.84 Å². The summed E-state index contributed by atoms with van der Waals surface area (Å²) < 4.78 is 5.24. The first-order chi connectivity index (χ1) is 7.42. The smallest absolute Gasteiger partial charge is 0.229 e. The number of hydrogen-bond donors (Lipinski definition) is 1. The quantitative estimate of drug-likeness (QED) is 0.818. The molecule has 4 nitrogen and oxygen atoms in total. The Kier molecular flexibility index (Phi) is 2.44. The number of rotatable bonds is 3. The van der Waals surface area contributed by atoms with Crippen molar-refractivity contribution in [2.75, 3.05) is 6.54 Å². The minimum atomic E-state index is 0.559. The molecule has 2 heterocycles. The van der Waals surface area contributed by atoms with Crippen LogP contribution in [0.5, 0.6) is 0 Å². The van der Waals surface area contributed by atoms with Crippen molar-refractivity contribution in [2.24, 2.45) is 0 Å². The molecule has 4 heteroatoms. The Morgan fingerprint density at radius 3 is 2.93 bits per heavy atom. The van der Waals surface area contributed by atoms with Gasteiger partial charge in [0.15, 0.2) is 5.82 Å². The van der Waals surface area contributed by atoms with Gasteiger partial charge in [-0.1, -0.05) is 11.6 Å². The van der Waals surface area contributed by atoms with Crippen LogP contribution in [-0.2, 0) is 6.42 Å². The van der Waals surface area contributed by atoms with Crippen LogP contribution in [0.1, 0.15) is 49.7 Å². The predicted molar refractivity (Wildman–Crippen MR) is 55.6 cm³/mol. The number of piperidine rings is 1. The lowest BCUT2D eigenvalue weighted by Crippen LogP contribution is -2.35. The molecule has 3 rings (SSSR count). The zero-order valence-corrected chi connectivity index (χ0v) is 8.91. The molecule has 1 aliphatic heterocycles. The fourth-order valence-corrected chi connectivity index (χ4v) is 2.17. The Hall–Kier alpha value is -0.900. The third-order valence-electron chi connectivity index (χ3n) is 3.25. The third kappa shape index (κ3) is 2.20. The van der Waals surface area contributed by atoms with Crippen LogP contribution in [0.25, 0.3) is 0 Å². The number of aromatic nitrogens is 2. The highest BCUT2D eigenvalue weighted by Gasteiger charge is 2.29. The molecule has 1 saturated heterocycles. The summed E-state index contributed by atoms with van der Waals surface area (Å²) >= 11 is 0. The molecule has 1 aromatic heterocycles. The van der Waals surface area contributed by atoms with Gasteiger partial charge in [0, 0.05) is 18.4 Å². The molecule has 15 heavy (non-hydrogen) atoms. The molecule has 1 aliphatic carbocycles. The molecule has 0 bridgehead atoms. The van der Waals surface area contributed by atoms with Crippen LogP contribution in [-0.4, -0.2) is 22.7 Å². The van der Waals surface area contributed by atoms with E-state index in [1.54, 1.807) is 0 Å². The minimum Gasteiger partial charge on any atom is -0.339 e. The van der Waals surface area contributed by atoms with E-state index in [9.17, 15) is 0 Å². The molecule has 1 N–H and O–H groups in total. The van der Waals surface area contributed by atoms with Crippen LogP contribution in [0.4, 0.5) is 0 Å². The molecule has 2 aliphatic rings. The maximum atomic E-state index is 5.24. The molecule has 0 amide bonds. The topological polar surface area (TPSA) is 51.0 Å². The van der Waals surface area contributed by atoms with Crippen molar-refractivity contribution in [3.05, 3.63) is 11.7 Å². The van der Waals surface area contributed by atoms with Gasteiger partial charge in [-0.05, 0) is 32.2 Å². The molecule has 0 radical (unpaired) electrons. The molecule has 2 fully saturated rings. The van der Waals surface area contributed by atoms with Gasteiger partial charge in [0.05, 0.1) is 0 Å². The average molecular weight is 207 g/mol. The summed E-state index contributed by atoms with van der Waals surface area (Å²) in [4.78, 5) is 4.45. The second kappa shape index (κ2) is 3.93. The van der Waals surface area contributed by atoms with Gasteiger partial charge in [-0.3, -0.25) is 0 Å². The normalized spacial score (nSPS) is 26.8. The summed E-state index contributed by atoms with van der Waals surface area (Å²) in [6.07, 6.45) is 7.25. The first kappa shape index (κ1) is 9.33. The standard InChI is InChI=1S/C11H17N3O/c1-2-6-12-9(3-1)7-10-13-11(15-14-10)8-4-5-8/h8-9,12H,1-7H2. The van der Waals surface area contributed by atoms with Crippen LogP contribution in [0.3, 0.4) is 0 Å². The van der Waals surface area contributed by atoms with Gasteiger partial charge in [-0.2, -0.15) is 4.98 Å². The lowest BCUT2D eigenvalue weighted by Gasteiger charge is -2.21. The maximum Gasteiger partial charge on any atom is 0.229 e. The largest absolute Gasteiger partial charge is 0.339 e. The van der Waals surface area contributed by atoms with Crippen molar-refractivity contribution in [2.45, 2.75) is 50.5 Å².